The van der Waals surface area contributed by atoms with E-state index >= 15 is 0 Å². The van der Waals surface area contributed by atoms with E-state index in [1.807, 2.05) is 61.5 Å². The smallest absolute Gasteiger partial charge is 0.234 e. The second-order valence-electron chi connectivity index (χ2n) is 8.18. The highest BCUT2D eigenvalue weighted by Gasteiger charge is 2.38. The summed E-state index contributed by atoms with van der Waals surface area (Å²) in [5.74, 6) is 0.733. The number of methoxy groups -OCH3 is 2. The molecule has 9 heteroatoms. The molecule has 8 nitrogen and oxygen atoms in total. The Morgan fingerprint density at radius 3 is 2.45 bits per heavy atom. The van der Waals surface area contributed by atoms with E-state index in [2.05, 4.69) is 0 Å². The minimum absolute atomic E-state index is 0.0419. The summed E-state index contributed by atoms with van der Waals surface area (Å²) in [6.07, 6.45) is 0.184. The third-order valence-electron chi connectivity index (χ3n) is 5.71. The van der Waals surface area contributed by atoms with Crippen molar-refractivity contribution in [3.63, 3.8) is 0 Å². The maximum atomic E-state index is 13.7. The fourth-order valence-electron chi connectivity index (χ4n) is 3.94. The summed E-state index contributed by atoms with van der Waals surface area (Å²) in [6, 6.07) is 13.1. The first-order chi connectivity index (χ1) is 15.9. The second kappa shape index (κ2) is 9.76. The number of ether oxygens (including phenoxy) is 2. The number of hydrogen-bond acceptors (Lipinski definition) is 7. The van der Waals surface area contributed by atoms with Gasteiger partial charge in [0.15, 0.2) is 5.13 Å². The molecule has 0 radical (unpaired) electrons. The summed E-state index contributed by atoms with van der Waals surface area (Å²) < 4.78 is 11.8. The highest BCUT2D eigenvalue weighted by atomic mass is 32.1. The molecular weight excluding hydrogens is 440 g/mol. The molecule has 174 valence electrons. The number of carbonyl (C=O) groups is 2. The largest absolute Gasteiger partial charge is 0.495 e. The van der Waals surface area contributed by atoms with Crippen LogP contribution >= 0.6 is 11.3 Å². The van der Waals surface area contributed by atoms with Crippen molar-refractivity contribution in [1.29, 1.82) is 0 Å². The van der Waals surface area contributed by atoms with E-state index in [0.717, 1.165) is 10.4 Å². The van der Waals surface area contributed by atoms with Crippen LogP contribution in [0.2, 0.25) is 0 Å². The van der Waals surface area contributed by atoms with Gasteiger partial charge in [-0.3, -0.25) is 14.5 Å². The van der Waals surface area contributed by atoms with E-state index < -0.39 is 5.92 Å². The summed E-state index contributed by atoms with van der Waals surface area (Å²) in [6.45, 7) is 1.49. The Labute approximate surface area is 197 Å². The van der Waals surface area contributed by atoms with E-state index in [9.17, 15) is 9.59 Å². The quantitative estimate of drug-likeness (QED) is 0.505. The molecule has 0 saturated carbocycles. The van der Waals surface area contributed by atoms with Crippen LogP contribution < -0.4 is 19.3 Å². The third kappa shape index (κ3) is 4.65. The lowest BCUT2D eigenvalue weighted by Gasteiger charge is -2.24. The van der Waals surface area contributed by atoms with E-state index in [1.165, 1.54) is 11.3 Å². The van der Waals surface area contributed by atoms with Crippen molar-refractivity contribution in [1.82, 2.24) is 9.88 Å². The van der Waals surface area contributed by atoms with Crippen LogP contribution in [-0.2, 0) is 9.59 Å². The number of benzene rings is 2. The zero-order valence-electron chi connectivity index (χ0n) is 19.3. The van der Waals surface area contributed by atoms with Crippen molar-refractivity contribution in [3.8, 4) is 11.5 Å². The monoisotopic (exact) mass is 468 g/mol. The Morgan fingerprint density at radius 2 is 1.79 bits per heavy atom. The van der Waals surface area contributed by atoms with Crippen molar-refractivity contribution >= 4 is 44.2 Å². The fraction of sp³-hybridized carbons (Fsp3) is 0.375. The number of hydrogen-bond donors (Lipinski definition) is 0. The summed E-state index contributed by atoms with van der Waals surface area (Å²) in [4.78, 5) is 36.6. The Hall–Kier alpha value is -3.17. The standard InChI is InChI=1S/C24H28N4O4S/c1-26(2)12-13-27(24-25-21-18(31-3)10-11-19(32-4)22(21)33-24)23(30)16-14-20(29)28(15-16)17-8-6-5-7-9-17/h5-11,16H,12-15H2,1-4H3. The molecule has 0 spiro atoms. The molecule has 2 aromatic carbocycles. The van der Waals surface area contributed by atoms with Crippen LogP contribution in [-0.4, -0.2) is 69.6 Å². The van der Waals surface area contributed by atoms with Crippen LogP contribution in [0.3, 0.4) is 0 Å². The first kappa shape index (κ1) is 23.0. The van der Waals surface area contributed by atoms with Crippen molar-refractivity contribution < 1.29 is 19.1 Å². The van der Waals surface area contributed by atoms with Gasteiger partial charge in [-0.25, -0.2) is 4.98 Å². The van der Waals surface area contributed by atoms with Gasteiger partial charge in [0.1, 0.15) is 21.7 Å². The molecule has 1 atom stereocenters. The second-order valence-corrected chi connectivity index (χ2v) is 9.16. The van der Waals surface area contributed by atoms with E-state index in [0.29, 0.717) is 41.8 Å². The average molecular weight is 469 g/mol. The van der Waals surface area contributed by atoms with E-state index in [4.69, 9.17) is 14.5 Å². The summed E-state index contributed by atoms with van der Waals surface area (Å²) in [7, 11) is 7.13. The SMILES string of the molecule is COc1ccc(OC)c2sc(N(CCN(C)C)C(=O)C3CC(=O)N(c4ccccc4)C3)nc12. The summed E-state index contributed by atoms with van der Waals surface area (Å²) in [5.41, 5.74) is 1.47. The van der Waals surface area contributed by atoms with E-state index in [-0.39, 0.29) is 18.2 Å². The van der Waals surface area contributed by atoms with Gasteiger partial charge < -0.3 is 19.3 Å². The van der Waals surface area contributed by atoms with Crippen molar-refractivity contribution in [2.75, 3.05) is 57.7 Å². The number of carbonyl (C=O) groups excluding carboxylic acids is 2. The molecule has 1 aromatic heterocycles. The zero-order valence-corrected chi connectivity index (χ0v) is 20.1. The molecule has 2 heterocycles. The maximum absolute atomic E-state index is 13.7. The number of thiazole rings is 1. The van der Waals surface area contributed by atoms with Crippen molar-refractivity contribution in [3.05, 3.63) is 42.5 Å². The fourth-order valence-corrected chi connectivity index (χ4v) is 5.05. The zero-order chi connectivity index (χ0) is 23.5. The number of nitrogens with zero attached hydrogens (tertiary/aromatic N) is 4. The van der Waals surface area contributed by atoms with Crippen LogP contribution in [0.5, 0.6) is 11.5 Å². The van der Waals surface area contributed by atoms with Crippen molar-refractivity contribution in [2.45, 2.75) is 6.42 Å². The van der Waals surface area contributed by atoms with Gasteiger partial charge in [0.05, 0.1) is 20.1 Å². The van der Waals surface area contributed by atoms with Gasteiger partial charge >= 0.3 is 0 Å². The Morgan fingerprint density at radius 1 is 1.09 bits per heavy atom. The minimum atomic E-state index is -0.435. The number of rotatable bonds is 8. The van der Waals surface area contributed by atoms with Crippen LogP contribution in [0.1, 0.15) is 6.42 Å². The molecule has 1 saturated heterocycles. The highest BCUT2D eigenvalue weighted by molar-refractivity contribution is 7.22. The van der Waals surface area contributed by atoms with Crippen LogP contribution in [0.15, 0.2) is 42.5 Å². The molecule has 1 unspecified atom stereocenters. The number of para-hydroxylation sites is 1. The number of amides is 2. The van der Waals surface area contributed by atoms with Crippen molar-refractivity contribution in [2.24, 2.45) is 5.92 Å². The van der Waals surface area contributed by atoms with Gasteiger partial charge in [-0.2, -0.15) is 0 Å². The predicted molar refractivity (Wildman–Crippen MR) is 131 cm³/mol. The third-order valence-corrected chi connectivity index (χ3v) is 6.80. The number of fused-ring (bicyclic) bond motifs is 1. The Bertz CT molecular complexity index is 1110. The van der Waals surface area contributed by atoms with Gasteiger partial charge in [0, 0.05) is 31.7 Å². The Kier molecular flexibility index (Phi) is 6.80. The Balaban J connectivity index is 1.66. The molecule has 0 aliphatic carbocycles. The van der Waals surface area contributed by atoms with Crippen LogP contribution in [0, 0.1) is 5.92 Å². The molecule has 0 bridgehead atoms. The lowest BCUT2D eigenvalue weighted by molar-refractivity contribution is -0.124. The molecule has 1 aliphatic heterocycles. The average Bonchev–Trinajstić information content (AvgIpc) is 3.43. The predicted octanol–water partition coefficient (Wildman–Crippen LogP) is 3.26. The van der Waals surface area contributed by atoms with Crippen LogP contribution in [0.25, 0.3) is 10.2 Å². The first-order valence-corrected chi connectivity index (χ1v) is 11.6. The van der Waals surface area contributed by atoms with Crippen LogP contribution in [0.4, 0.5) is 10.8 Å². The normalized spacial score (nSPS) is 16.0. The lowest BCUT2D eigenvalue weighted by Crippen LogP contribution is -2.41. The molecule has 2 amide bonds. The summed E-state index contributed by atoms with van der Waals surface area (Å²) >= 11 is 1.39. The number of aromatic nitrogens is 1. The molecule has 1 fully saturated rings. The molecule has 3 aromatic rings. The van der Waals surface area contributed by atoms with Gasteiger partial charge in [-0.05, 0) is 38.4 Å². The molecule has 33 heavy (non-hydrogen) atoms. The maximum Gasteiger partial charge on any atom is 0.234 e. The van der Waals surface area contributed by atoms with E-state index in [1.54, 1.807) is 24.0 Å². The number of likely N-dealkylation sites (N-methyl/N-ethyl adjacent to an activating group) is 1. The summed E-state index contributed by atoms with van der Waals surface area (Å²) in [5, 5.41) is 0.574. The van der Waals surface area contributed by atoms with Gasteiger partial charge in [-0.1, -0.05) is 29.5 Å². The molecule has 0 N–H and O–H groups in total. The minimum Gasteiger partial charge on any atom is -0.495 e. The molecular formula is C24H28N4O4S. The van der Waals surface area contributed by atoms with Gasteiger partial charge in [0.25, 0.3) is 0 Å². The lowest BCUT2D eigenvalue weighted by atomic mass is 10.1. The van der Waals surface area contributed by atoms with Gasteiger partial charge in [0.2, 0.25) is 11.8 Å². The van der Waals surface area contributed by atoms with Gasteiger partial charge in [-0.15, -0.1) is 0 Å². The molecule has 4 rings (SSSR count). The number of anilines is 2. The molecule has 1 aliphatic rings. The topological polar surface area (TPSA) is 75.2 Å². The highest BCUT2D eigenvalue weighted by Crippen LogP contribution is 2.40. The first-order valence-electron chi connectivity index (χ1n) is 10.8.